The van der Waals surface area contributed by atoms with Gasteiger partial charge >= 0.3 is 0 Å². The number of nitrogens with one attached hydrogen (secondary N) is 2. The summed E-state index contributed by atoms with van der Waals surface area (Å²) >= 11 is 0. The zero-order valence-electron chi connectivity index (χ0n) is 19.7. The molecule has 8 nitrogen and oxygen atoms in total. The van der Waals surface area contributed by atoms with Gasteiger partial charge in [-0.05, 0) is 52.2 Å². The normalized spacial score (nSPS) is 12.9. The molecule has 0 aromatic heterocycles. The molecule has 0 bridgehead atoms. The van der Waals surface area contributed by atoms with Crippen LogP contribution in [0.15, 0.2) is 48.5 Å². The number of anilines is 2. The number of carbonyl (C=O) groups is 2. The van der Waals surface area contributed by atoms with E-state index >= 15 is 0 Å². The van der Waals surface area contributed by atoms with Gasteiger partial charge in [0.1, 0.15) is 11.5 Å². The van der Waals surface area contributed by atoms with Crippen LogP contribution in [0.5, 0.6) is 11.5 Å². The largest absolute Gasteiger partial charge is 0.495 e. The number of rotatable bonds is 11. The summed E-state index contributed by atoms with van der Waals surface area (Å²) < 4.78 is 10.6. The van der Waals surface area contributed by atoms with E-state index in [1.165, 1.54) is 0 Å². The highest BCUT2D eigenvalue weighted by atomic mass is 16.5. The van der Waals surface area contributed by atoms with Crippen LogP contribution in [-0.4, -0.2) is 75.1 Å². The number of amides is 2. The minimum absolute atomic E-state index is 0.124. The minimum atomic E-state index is -0.356. The fraction of sp³-hybridized carbons (Fsp3) is 0.417. The van der Waals surface area contributed by atoms with Crippen LogP contribution in [0.3, 0.4) is 0 Å². The Morgan fingerprint density at radius 1 is 0.750 bits per heavy atom. The monoisotopic (exact) mass is 442 g/mol. The van der Waals surface area contributed by atoms with E-state index in [0.717, 1.165) is 0 Å². The summed E-state index contributed by atoms with van der Waals surface area (Å²) in [7, 11) is 6.92. The summed E-state index contributed by atoms with van der Waals surface area (Å²) in [5, 5.41) is 5.83. The number of carbonyl (C=O) groups excluding carboxylic acids is 2. The lowest BCUT2D eigenvalue weighted by Gasteiger charge is -2.29. The summed E-state index contributed by atoms with van der Waals surface area (Å²) in [6, 6.07) is 13.9. The van der Waals surface area contributed by atoms with Crippen molar-refractivity contribution in [3.63, 3.8) is 0 Å². The molecule has 2 amide bonds. The van der Waals surface area contributed by atoms with E-state index in [2.05, 4.69) is 10.6 Å². The smallest absolute Gasteiger partial charge is 0.241 e. The van der Waals surface area contributed by atoms with Crippen LogP contribution in [0.1, 0.15) is 13.8 Å². The molecule has 32 heavy (non-hydrogen) atoms. The van der Waals surface area contributed by atoms with Gasteiger partial charge in [-0.15, -0.1) is 0 Å². The first-order valence-corrected chi connectivity index (χ1v) is 10.6. The summed E-state index contributed by atoms with van der Waals surface area (Å²) in [6.45, 7) is 4.93. The maximum atomic E-state index is 12.7. The molecule has 0 aliphatic carbocycles. The van der Waals surface area contributed by atoms with Crippen molar-refractivity contribution < 1.29 is 19.1 Å². The highest BCUT2D eigenvalue weighted by Crippen LogP contribution is 2.24. The van der Waals surface area contributed by atoms with E-state index in [-0.39, 0.29) is 23.9 Å². The van der Waals surface area contributed by atoms with Crippen LogP contribution in [0.2, 0.25) is 0 Å². The predicted octanol–water partition coefficient (Wildman–Crippen LogP) is 2.92. The first-order chi connectivity index (χ1) is 15.3. The van der Waals surface area contributed by atoms with E-state index in [1.807, 2.05) is 62.0 Å². The van der Waals surface area contributed by atoms with E-state index in [0.29, 0.717) is 36.0 Å². The second-order valence-electron chi connectivity index (χ2n) is 7.69. The van der Waals surface area contributed by atoms with E-state index in [1.54, 1.807) is 38.5 Å². The molecule has 0 saturated carbocycles. The number of hydrogen-bond donors (Lipinski definition) is 2. The molecule has 0 aliphatic rings. The molecule has 2 rings (SSSR count). The lowest BCUT2D eigenvalue weighted by atomic mass is 10.2. The molecule has 0 spiro atoms. The molecule has 2 atom stereocenters. The van der Waals surface area contributed by atoms with Gasteiger partial charge in [-0.2, -0.15) is 0 Å². The van der Waals surface area contributed by atoms with Crippen LogP contribution in [0.25, 0.3) is 0 Å². The minimum Gasteiger partial charge on any atom is -0.495 e. The lowest BCUT2D eigenvalue weighted by Crippen LogP contribution is -2.46. The Balaban J connectivity index is 1.87. The first-order valence-electron chi connectivity index (χ1n) is 10.6. The number of benzene rings is 2. The van der Waals surface area contributed by atoms with Crippen molar-refractivity contribution >= 4 is 23.2 Å². The van der Waals surface area contributed by atoms with Crippen molar-refractivity contribution in [3.05, 3.63) is 48.5 Å². The third kappa shape index (κ3) is 6.70. The standard InChI is InChI=1S/C24H34N4O4/c1-17(23(29)25-19-11-7-9-13-21(19)31-5)27(3)15-16-28(4)18(2)24(30)26-20-12-8-10-14-22(20)32-6/h7-14,17-18H,15-16H2,1-6H3,(H,25,29)(H,26,30)/t17-,18-/m0/s1. The SMILES string of the molecule is COc1ccccc1NC(=O)[C@H](C)N(C)CCN(C)[C@@H](C)C(=O)Nc1ccccc1OC. The predicted molar refractivity (Wildman–Crippen MR) is 127 cm³/mol. The van der Waals surface area contributed by atoms with Crippen molar-refractivity contribution in [2.45, 2.75) is 25.9 Å². The van der Waals surface area contributed by atoms with Gasteiger partial charge in [0.05, 0.1) is 37.7 Å². The number of hydrogen-bond acceptors (Lipinski definition) is 6. The molecule has 0 aliphatic heterocycles. The number of methoxy groups -OCH3 is 2. The molecule has 0 heterocycles. The average molecular weight is 443 g/mol. The average Bonchev–Trinajstić information content (AvgIpc) is 2.81. The second kappa shape index (κ2) is 12.1. The molecular weight excluding hydrogens is 408 g/mol. The summed E-state index contributed by atoms with van der Waals surface area (Å²) in [6.07, 6.45) is 0. The Morgan fingerprint density at radius 2 is 1.09 bits per heavy atom. The quantitative estimate of drug-likeness (QED) is 0.557. The van der Waals surface area contributed by atoms with Crippen LogP contribution >= 0.6 is 0 Å². The molecular formula is C24H34N4O4. The molecule has 8 heteroatoms. The topological polar surface area (TPSA) is 83.1 Å². The van der Waals surface area contributed by atoms with Gasteiger partial charge in [-0.25, -0.2) is 0 Å². The van der Waals surface area contributed by atoms with E-state index < -0.39 is 0 Å². The molecule has 0 unspecified atom stereocenters. The van der Waals surface area contributed by atoms with Gasteiger partial charge < -0.3 is 20.1 Å². The summed E-state index contributed by atoms with van der Waals surface area (Å²) in [5.74, 6) is 0.985. The van der Waals surface area contributed by atoms with Crippen LogP contribution in [-0.2, 0) is 9.59 Å². The highest BCUT2D eigenvalue weighted by molar-refractivity contribution is 5.96. The fourth-order valence-corrected chi connectivity index (χ4v) is 3.07. The Bertz CT molecular complexity index is 832. The molecule has 0 radical (unpaired) electrons. The van der Waals surface area contributed by atoms with Gasteiger partial charge in [0, 0.05) is 13.1 Å². The van der Waals surface area contributed by atoms with Gasteiger partial charge in [-0.3, -0.25) is 19.4 Å². The van der Waals surface area contributed by atoms with E-state index in [9.17, 15) is 9.59 Å². The third-order valence-corrected chi connectivity index (χ3v) is 5.62. The van der Waals surface area contributed by atoms with Gasteiger partial charge in [0.2, 0.25) is 11.8 Å². The fourth-order valence-electron chi connectivity index (χ4n) is 3.07. The van der Waals surface area contributed by atoms with Gasteiger partial charge in [0.25, 0.3) is 0 Å². The zero-order valence-corrected chi connectivity index (χ0v) is 19.7. The number of likely N-dealkylation sites (N-methyl/N-ethyl adjacent to an activating group) is 2. The zero-order chi connectivity index (χ0) is 23.7. The van der Waals surface area contributed by atoms with Crippen LogP contribution < -0.4 is 20.1 Å². The van der Waals surface area contributed by atoms with Crippen molar-refractivity contribution in [1.82, 2.24) is 9.80 Å². The molecule has 2 aromatic rings. The Labute approximate surface area is 190 Å². The van der Waals surface area contributed by atoms with Gasteiger partial charge in [-0.1, -0.05) is 24.3 Å². The van der Waals surface area contributed by atoms with Crippen molar-refractivity contribution in [3.8, 4) is 11.5 Å². The number of ether oxygens (including phenoxy) is 2. The molecule has 0 saturated heterocycles. The maximum Gasteiger partial charge on any atom is 0.241 e. The second-order valence-corrected chi connectivity index (χ2v) is 7.69. The van der Waals surface area contributed by atoms with Gasteiger partial charge in [0.15, 0.2) is 0 Å². The van der Waals surface area contributed by atoms with Crippen molar-refractivity contribution in [2.24, 2.45) is 0 Å². The Kier molecular flexibility index (Phi) is 9.49. The van der Waals surface area contributed by atoms with Crippen molar-refractivity contribution in [1.29, 1.82) is 0 Å². The molecule has 174 valence electrons. The number of nitrogens with zero attached hydrogens (tertiary/aromatic N) is 2. The molecule has 2 N–H and O–H groups in total. The number of para-hydroxylation sites is 4. The summed E-state index contributed by atoms with van der Waals surface area (Å²) in [5.41, 5.74) is 1.28. The van der Waals surface area contributed by atoms with Crippen LogP contribution in [0, 0.1) is 0 Å². The lowest BCUT2D eigenvalue weighted by molar-refractivity contribution is -0.122. The first kappa shape index (κ1) is 25.2. The van der Waals surface area contributed by atoms with Crippen molar-refractivity contribution in [2.75, 3.05) is 52.0 Å². The van der Waals surface area contributed by atoms with E-state index in [4.69, 9.17) is 9.47 Å². The Hall–Kier alpha value is -3.10. The van der Waals surface area contributed by atoms with Crippen LogP contribution in [0.4, 0.5) is 11.4 Å². The summed E-state index contributed by atoms with van der Waals surface area (Å²) in [4.78, 5) is 29.3. The third-order valence-electron chi connectivity index (χ3n) is 5.62. The Morgan fingerprint density at radius 3 is 1.44 bits per heavy atom. The highest BCUT2D eigenvalue weighted by Gasteiger charge is 2.22. The molecule has 0 fully saturated rings. The molecule has 2 aromatic carbocycles. The maximum absolute atomic E-state index is 12.7.